The van der Waals surface area contributed by atoms with Crippen LogP contribution < -0.4 is 10.6 Å². The van der Waals surface area contributed by atoms with E-state index in [0.717, 1.165) is 22.4 Å². The molecule has 0 fully saturated rings. The molecular formula is C22H21N3O2. The summed E-state index contributed by atoms with van der Waals surface area (Å²) in [6, 6.07) is 16.3. The number of hydrogen-bond acceptors (Lipinski definition) is 3. The molecule has 2 amide bonds. The van der Waals surface area contributed by atoms with Crippen LogP contribution in [0.1, 0.15) is 37.5 Å². The van der Waals surface area contributed by atoms with Gasteiger partial charge in [-0.15, -0.1) is 0 Å². The maximum absolute atomic E-state index is 12.6. The number of anilines is 2. The van der Waals surface area contributed by atoms with Crippen molar-refractivity contribution in [1.82, 2.24) is 4.98 Å². The Bertz CT molecular complexity index is 974. The van der Waals surface area contributed by atoms with Crippen LogP contribution in [-0.4, -0.2) is 16.8 Å². The van der Waals surface area contributed by atoms with Crippen LogP contribution in [0.15, 0.2) is 60.8 Å². The van der Waals surface area contributed by atoms with E-state index in [4.69, 9.17) is 0 Å². The molecule has 1 heterocycles. The zero-order chi connectivity index (χ0) is 19.4. The van der Waals surface area contributed by atoms with Gasteiger partial charge in [-0.25, -0.2) is 0 Å². The van der Waals surface area contributed by atoms with Crippen LogP contribution >= 0.6 is 0 Å². The smallest absolute Gasteiger partial charge is 0.274 e. The summed E-state index contributed by atoms with van der Waals surface area (Å²) in [7, 11) is 0. The Kier molecular flexibility index (Phi) is 5.31. The van der Waals surface area contributed by atoms with Crippen LogP contribution in [0.5, 0.6) is 0 Å². The molecular weight excluding hydrogens is 338 g/mol. The summed E-state index contributed by atoms with van der Waals surface area (Å²) >= 11 is 0. The average molecular weight is 359 g/mol. The van der Waals surface area contributed by atoms with Gasteiger partial charge in [0.2, 0.25) is 0 Å². The minimum absolute atomic E-state index is 0.190. The summed E-state index contributed by atoms with van der Waals surface area (Å²) in [5.74, 6) is -0.639. The second kappa shape index (κ2) is 7.83. The first-order valence-corrected chi connectivity index (χ1v) is 8.65. The van der Waals surface area contributed by atoms with Crippen molar-refractivity contribution < 1.29 is 9.59 Å². The van der Waals surface area contributed by atoms with Crippen molar-refractivity contribution in [2.24, 2.45) is 0 Å². The highest BCUT2D eigenvalue weighted by Crippen LogP contribution is 2.22. The average Bonchev–Trinajstić information content (AvgIpc) is 2.65. The lowest BCUT2D eigenvalue weighted by atomic mass is 10.0. The van der Waals surface area contributed by atoms with Gasteiger partial charge >= 0.3 is 0 Å². The molecule has 0 aliphatic heterocycles. The van der Waals surface area contributed by atoms with E-state index in [9.17, 15) is 9.59 Å². The van der Waals surface area contributed by atoms with Crippen LogP contribution in [-0.2, 0) is 0 Å². The number of nitrogens with one attached hydrogen (secondary N) is 2. The summed E-state index contributed by atoms with van der Waals surface area (Å²) in [6.45, 7) is 5.92. The summed E-state index contributed by atoms with van der Waals surface area (Å²) in [5, 5.41) is 5.70. The van der Waals surface area contributed by atoms with Crippen LogP contribution in [0, 0.1) is 20.8 Å². The van der Waals surface area contributed by atoms with Crippen LogP contribution in [0.4, 0.5) is 11.4 Å². The van der Waals surface area contributed by atoms with Gasteiger partial charge in [-0.05, 0) is 56.2 Å². The van der Waals surface area contributed by atoms with Crippen molar-refractivity contribution >= 4 is 23.2 Å². The molecule has 27 heavy (non-hydrogen) atoms. The minimum Gasteiger partial charge on any atom is -0.322 e. The van der Waals surface area contributed by atoms with Gasteiger partial charge in [-0.1, -0.05) is 35.9 Å². The number of hydrogen-bond donors (Lipinski definition) is 2. The third-order valence-corrected chi connectivity index (χ3v) is 4.20. The Labute approximate surface area is 158 Å². The van der Waals surface area contributed by atoms with Crippen molar-refractivity contribution in [3.63, 3.8) is 0 Å². The molecule has 1 aromatic heterocycles. The number of aryl methyl sites for hydroxylation is 3. The van der Waals surface area contributed by atoms with Crippen molar-refractivity contribution in [1.29, 1.82) is 0 Å². The Morgan fingerprint density at radius 3 is 2.15 bits per heavy atom. The van der Waals surface area contributed by atoms with Crippen LogP contribution in [0.2, 0.25) is 0 Å². The van der Waals surface area contributed by atoms with E-state index in [1.165, 1.54) is 12.3 Å². The van der Waals surface area contributed by atoms with Gasteiger partial charge < -0.3 is 10.6 Å². The zero-order valence-electron chi connectivity index (χ0n) is 15.5. The molecule has 2 N–H and O–H groups in total. The summed E-state index contributed by atoms with van der Waals surface area (Å²) in [6.07, 6.45) is 1.46. The van der Waals surface area contributed by atoms with E-state index >= 15 is 0 Å². The van der Waals surface area contributed by atoms with Crippen LogP contribution in [0.25, 0.3) is 0 Å². The number of para-hydroxylation sites is 1. The van der Waals surface area contributed by atoms with Gasteiger partial charge in [0.25, 0.3) is 11.8 Å². The Balaban J connectivity index is 1.79. The fourth-order valence-electron chi connectivity index (χ4n) is 2.98. The van der Waals surface area contributed by atoms with E-state index in [0.29, 0.717) is 11.3 Å². The monoisotopic (exact) mass is 359 g/mol. The fourth-order valence-corrected chi connectivity index (χ4v) is 2.98. The summed E-state index contributed by atoms with van der Waals surface area (Å²) in [5.41, 5.74) is 5.13. The highest BCUT2D eigenvalue weighted by molar-refractivity contribution is 6.08. The number of aromatic nitrogens is 1. The molecule has 0 spiro atoms. The number of pyridine rings is 1. The number of rotatable bonds is 4. The number of carbonyl (C=O) groups is 2. The van der Waals surface area contributed by atoms with E-state index in [1.807, 2.05) is 51.1 Å². The third kappa shape index (κ3) is 4.39. The molecule has 0 aliphatic carbocycles. The molecule has 0 bridgehead atoms. The fraction of sp³-hybridized carbons (Fsp3) is 0.136. The van der Waals surface area contributed by atoms with Gasteiger partial charge in [0, 0.05) is 23.1 Å². The lowest BCUT2D eigenvalue weighted by Gasteiger charge is -2.13. The highest BCUT2D eigenvalue weighted by atomic mass is 16.2. The van der Waals surface area contributed by atoms with E-state index < -0.39 is 0 Å². The predicted molar refractivity (Wildman–Crippen MR) is 107 cm³/mol. The van der Waals surface area contributed by atoms with Crippen molar-refractivity contribution in [3.05, 3.63) is 88.7 Å². The Morgan fingerprint density at radius 2 is 1.48 bits per heavy atom. The quantitative estimate of drug-likeness (QED) is 0.720. The molecule has 0 aliphatic rings. The summed E-state index contributed by atoms with van der Waals surface area (Å²) in [4.78, 5) is 29.2. The molecule has 0 saturated carbocycles. The maximum Gasteiger partial charge on any atom is 0.274 e. The van der Waals surface area contributed by atoms with E-state index in [1.54, 1.807) is 18.2 Å². The second-order valence-electron chi connectivity index (χ2n) is 6.48. The Hall–Kier alpha value is -3.47. The molecule has 0 saturated heterocycles. The van der Waals surface area contributed by atoms with E-state index in [-0.39, 0.29) is 17.5 Å². The topological polar surface area (TPSA) is 71.1 Å². The summed E-state index contributed by atoms with van der Waals surface area (Å²) < 4.78 is 0. The zero-order valence-corrected chi connectivity index (χ0v) is 15.5. The molecule has 2 aromatic carbocycles. The first-order valence-electron chi connectivity index (χ1n) is 8.65. The predicted octanol–water partition coefficient (Wildman–Crippen LogP) is 4.51. The van der Waals surface area contributed by atoms with E-state index in [2.05, 4.69) is 15.6 Å². The van der Waals surface area contributed by atoms with Gasteiger partial charge in [-0.2, -0.15) is 0 Å². The first kappa shape index (κ1) is 18.3. The number of nitrogens with zero attached hydrogens (tertiary/aromatic N) is 1. The molecule has 0 atom stereocenters. The molecule has 3 rings (SSSR count). The van der Waals surface area contributed by atoms with Crippen molar-refractivity contribution in [2.45, 2.75) is 20.8 Å². The SMILES string of the molecule is Cc1cc(C)c(NC(=O)c2cc(C(=O)Nc3ccccc3)ccn2)c(C)c1. The molecule has 0 unspecified atom stereocenters. The number of amides is 2. The first-order chi connectivity index (χ1) is 12.9. The molecule has 136 valence electrons. The van der Waals surface area contributed by atoms with Gasteiger partial charge in [0.1, 0.15) is 5.69 Å². The lowest BCUT2D eigenvalue weighted by Crippen LogP contribution is -2.18. The highest BCUT2D eigenvalue weighted by Gasteiger charge is 2.14. The van der Waals surface area contributed by atoms with Crippen LogP contribution in [0.3, 0.4) is 0 Å². The van der Waals surface area contributed by atoms with Gasteiger partial charge in [-0.3, -0.25) is 14.6 Å². The third-order valence-electron chi connectivity index (χ3n) is 4.20. The maximum atomic E-state index is 12.6. The van der Waals surface area contributed by atoms with Gasteiger partial charge in [0.15, 0.2) is 0 Å². The second-order valence-corrected chi connectivity index (χ2v) is 6.48. The van der Waals surface area contributed by atoms with Gasteiger partial charge in [0.05, 0.1) is 0 Å². The lowest BCUT2D eigenvalue weighted by molar-refractivity contribution is 0.102. The molecule has 5 heteroatoms. The molecule has 0 radical (unpaired) electrons. The Morgan fingerprint density at radius 1 is 0.815 bits per heavy atom. The van der Waals surface area contributed by atoms with Crippen molar-refractivity contribution in [2.75, 3.05) is 10.6 Å². The standard InChI is InChI=1S/C22H21N3O2/c1-14-11-15(2)20(16(3)12-14)25-22(27)19-13-17(9-10-23-19)21(26)24-18-7-5-4-6-8-18/h4-13H,1-3H3,(H,24,26)(H,25,27). The number of benzene rings is 2. The minimum atomic E-state index is -0.348. The normalized spacial score (nSPS) is 10.3. The number of carbonyl (C=O) groups excluding carboxylic acids is 2. The largest absolute Gasteiger partial charge is 0.322 e. The molecule has 5 nitrogen and oxygen atoms in total. The van der Waals surface area contributed by atoms with Crippen molar-refractivity contribution in [3.8, 4) is 0 Å². The molecule has 3 aromatic rings.